The van der Waals surface area contributed by atoms with E-state index in [4.69, 9.17) is 4.74 Å². The molecule has 3 heteroatoms. The molecule has 1 atom stereocenters. The van der Waals surface area contributed by atoms with Crippen LogP contribution in [0.3, 0.4) is 0 Å². The summed E-state index contributed by atoms with van der Waals surface area (Å²) in [5, 5.41) is 0. The fraction of sp³-hybridized carbons (Fsp3) is 0.611. The van der Waals surface area contributed by atoms with Gasteiger partial charge in [-0.25, -0.2) is 4.79 Å². The fourth-order valence-electron chi connectivity index (χ4n) is 3.69. The maximum atomic E-state index is 12.5. The van der Waals surface area contributed by atoms with E-state index >= 15 is 0 Å². The molecule has 0 bridgehead atoms. The van der Waals surface area contributed by atoms with E-state index in [-0.39, 0.29) is 11.6 Å². The van der Waals surface area contributed by atoms with Crippen molar-refractivity contribution in [3.8, 4) is 0 Å². The highest BCUT2D eigenvalue weighted by molar-refractivity contribution is 7.76. The Labute approximate surface area is 129 Å². The minimum atomic E-state index is -1.28. The smallest absolute Gasteiger partial charge is 0.346 e. The van der Waals surface area contributed by atoms with E-state index in [1.54, 1.807) is 0 Å². The first kappa shape index (κ1) is 16.5. The van der Waals surface area contributed by atoms with Gasteiger partial charge in [-0.2, -0.15) is 0 Å². The Hall–Kier alpha value is -0.880. The largest absolute Gasteiger partial charge is 0.463 e. The van der Waals surface area contributed by atoms with Crippen LogP contribution < -0.4 is 0 Å². The molecule has 0 aliphatic carbocycles. The Morgan fingerprint density at radius 1 is 1.14 bits per heavy atom. The molecule has 1 unspecified atom stereocenters. The zero-order valence-electron chi connectivity index (χ0n) is 13.4. The molecule has 1 aromatic rings. The SMILES string of the molecule is CCOC(=O)C(CC)[P+]1(Cc2ccccc2)CCCCC1. The first-order chi connectivity index (χ1) is 10.2. The molecular weight excluding hydrogens is 279 g/mol. The lowest BCUT2D eigenvalue weighted by molar-refractivity contribution is -0.142. The maximum Gasteiger partial charge on any atom is 0.346 e. The van der Waals surface area contributed by atoms with Crippen molar-refractivity contribution in [2.24, 2.45) is 0 Å². The van der Waals surface area contributed by atoms with Crippen LogP contribution in [0.4, 0.5) is 0 Å². The Morgan fingerprint density at radius 2 is 1.81 bits per heavy atom. The van der Waals surface area contributed by atoms with Crippen LogP contribution >= 0.6 is 7.26 Å². The van der Waals surface area contributed by atoms with E-state index in [9.17, 15) is 4.79 Å². The van der Waals surface area contributed by atoms with Gasteiger partial charge in [-0.15, -0.1) is 0 Å². The molecule has 2 nitrogen and oxygen atoms in total. The molecule has 0 saturated carbocycles. The number of carbonyl (C=O) groups excluding carboxylic acids is 1. The second kappa shape index (κ2) is 7.94. The van der Waals surface area contributed by atoms with Crippen molar-refractivity contribution < 1.29 is 9.53 Å². The summed E-state index contributed by atoms with van der Waals surface area (Å²) in [4.78, 5) is 12.5. The van der Waals surface area contributed by atoms with Gasteiger partial charge in [0.25, 0.3) is 0 Å². The molecule has 1 saturated heterocycles. The van der Waals surface area contributed by atoms with Crippen LogP contribution in [0.15, 0.2) is 30.3 Å². The number of esters is 1. The number of rotatable bonds is 6. The zero-order chi connectivity index (χ0) is 15.1. The average molecular weight is 307 g/mol. The summed E-state index contributed by atoms with van der Waals surface area (Å²) in [6.45, 7) is 4.57. The summed E-state index contributed by atoms with van der Waals surface area (Å²) >= 11 is 0. The van der Waals surface area contributed by atoms with E-state index in [0.717, 1.165) is 12.6 Å². The van der Waals surface area contributed by atoms with Gasteiger partial charge in [0.1, 0.15) is 0 Å². The molecule has 0 amide bonds. The molecular formula is C18H28O2P+. The molecule has 1 heterocycles. The van der Waals surface area contributed by atoms with Crippen LogP contribution in [-0.4, -0.2) is 30.6 Å². The number of benzene rings is 1. The Kier molecular flexibility index (Phi) is 6.23. The lowest BCUT2D eigenvalue weighted by atomic mass is 10.2. The minimum Gasteiger partial charge on any atom is -0.463 e. The van der Waals surface area contributed by atoms with E-state index in [2.05, 4.69) is 37.3 Å². The molecule has 21 heavy (non-hydrogen) atoms. The summed E-state index contributed by atoms with van der Waals surface area (Å²) in [5.41, 5.74) is 1.55. The third-order valence-electron chi connectivity index (χ3n) is 4.65. The summed E-state index contributed by atoms with van der Waals surface area (Å²) in [6.07, 6.45) is 8.48. The topological polar surface area (TPSA) is 26.3 Å². The van der Waals surface area contributed by atoms with Gasteiger partial charge < -0.3 is 4.74 Å². The van der Waals surface area contributed by atoms with Gasteiger partial charge in [-0.3, -0.25) is 0 Å². The molecule has 0 radical (unpaired) electrons. The standard InChI is InChI=1S/C18H28O2P/c1-3-17(18(19)20-4-2)21(13-9-6-10-14-21)15-16-11-7-5-8-12-16/h5,7-8,11-12,17H,3-4,6,9-10,13-15H2,1-2H3/q+1. The van der Waals surface area contributed by atoms with Crippen molar-refractivity contribution in [3.05, 3.63) is 35.9 Å². The monoisotopic (exact) mass is 307 g/mol. The predicted molar refractivity (Wildman–Crippen MR) is 91.4 cm³/mol. The molecule has 2 rings (SSSR count). The number of hydrogen-bond acceptors (Lipinski definition) is 2. The maximum absolute atomic E-state index is 12.5. The van der Waals surface area contributed by atoms with Crippen LogP contribution in [0.2, 0.25) is 0 Å². The van der Waals surface area contributed by atoms with Crippen molar-refractivity contribution in [1.29, 1.82) is 0 Å². The van der Waals surface area contributed by atoms with Crippen molar-refractivity contribution >= 4 is 13.2 Å². The zero-order valence-corrected chi connectivity index (χ0v) is 14.3. The molecule has 0 aromatic heterocycles. The number of carbonyl (C=O) groups is 1. The normalized spacial score (nSPS) is 19.0. The van der Waals surface area contributed by atoms with Gasteiger partial charge in [0.05, 0.1) is 25.1 Å². The average Bonchev–Trinajstić information content (AvgIpc) is 2.50. The lowest BCUT2D eigenvalue weighted by Crippen LogP contribution is -2.31. The van der Waals surface area contributed by atoms with E-state index in [1.165, 1.54) is 37.1 Å². The molecule has 0 spiro atoms. The fourth-order valence-corrected chi connectivity index (χ4v) is 9.01. The van der Waals surface area contributed by atoms with Crippen LogP contribution in [0, 0.1) is 0 Å². The Balaban J connectivity index is 2.24. The van der Waals surface area contributed by atoms with Gasteiger partial charge in [0.15, 0.2) is 5.66 Å². The van der Waals surface area contributed by atoms with Crippen molar-refractivity contribution in [1.82, 2.24) is 0 Å². The van der Waals surface area contributed by atoms with Crippen molar-refractivity contribution in [3.63, 3.8) is 0 Å². The van der Waals surface area contributed by atoms with E-state index in [1.807, 2.05) is 6.92 Å². The van der Waals surface area contributed by atoms with Crippen LogP contribution in [0.5, 0.6) is 0 Å². The van der Waals surface area contributed by atoms with Crippen LogP contribution in [0.1, 0.15) is 45.1 Å². The first-order valence-electron chi connectivity index (χ1n) is 8.28. The quantitative estimate of drug-likeness (QED) is 0.561. The highest BCUT2D eigenvalue weighted by atomic mass is 31.2. The van der Waals surface area contributed by atoms with Gasteiger partial charge in [-0.1, -0.05) is 37.3 Å². The lowest BCUT2D eigenvalue weighted by Gasteiger charge is -2.36. The van der Waals surface area contributed by atoms with E-state index in [0.29, 0.717) is 6.61 Å². The van der Waals surface area contributed by atoms with Gasteiger partial charge in [0.2, 0.25) is 0 Å². The van der Waals surface area contributed by atoms with Gasteiger partial charge in [-0.05, 0) is 38.2 Å². The van der Waals surface area contributed by atoms with Crippen LogP contribution in [0.25, 0.3) is 0 Å². The highest BCUT2D eigenvalue weighted by Gasteiger charge is 2.50. The molecule has 1 fully saturated rings. The second-order valence-corrected chi connectivity index (χ2v) is 10.3. The molecule has 1 aliphatic heterocycles. The number of ether oxygens (including phenoxy) is 1. The summed E-state index contributed by atoms with van der Waals surface area (Å²) in [7, 11) is -1.28. The summed E-state index contributed by atoms with van der Waals surface area (Å²) in [6, 6.07) is 10.7. The third-order valence-corrected chi connectivity index (χ3v) is 9.96. The number of hydrogen-bond donors (Lipinski definition) is 0. The van der Waals surface area contributed by atoms with Crippen LogP contribution in [-0.2, 0) is 15.7 Å². The first-order valence-corrected chi connectivity index (χ1v) is 10.7. The minimum absolute atomic E-state index is 0.0613. The highest BCUT2D eigenvalue weighted by Crippen LogP contribution is 2.69. The van der Waals surface area contributed by atoms with Crippen molar-refractivity contribution in [2.75, 3.05) is 18.9 Å². The molecule has 1 aliphatic rings. The summed E-state index contributed by atoms with van der Waals surface area (Å²) in [5.74, 6) is 0.0613. The van der Waals surface area contributed by atoms with Crippen molar-refractivity contribution in [2.45, 2.75) is 51.4 Å². The Morgan fingerprint density at radius 3 is 2.38 bits per heavy atom. The molecule has 0 N–H and O–H groups in total. The third kappa shape index (κ3) is 4.07. The second-order valence-electron chi connectivity index (χ2n) is 6.05. The van der Waals surface area contributed by atoms with E-state index < -0.39 is 7.26 Å². The van der Waals surface area contributed by atoms with Gasteiger partial charge >= 0.3 is 5.97 Å². The Bertz CT molecular complexity index is 438. The summed E-state index contributed by atoms with van der Waals surface area (Å²) < 4.78 is 5.40. The molecule has 1 aromatic carbocycles. The van der Waals surface area contributed by atoms with Gasteiger partial charge in [0, 0.05) is 7.26 Å². The molecule has 116 valence electrons. The predicted octanol–water partition coefficient (Wildman–Crippen LogP) is 4.73.